The molecule has 0 aliphatic carbocycles. The van der Waals surface area contributed by atoms with Crippen LogP contribution in [0, 0.1) is 0 Å². The van der Waals surface area contributed by atoms with Crippen LogP contribution in [0.2, 0.25) is 5.02 Å². The lowest BCUT2D eigenvalue weighted by molar-refractivity contribution is -0.139. The second kappa shape index (κ2) is 5.22. The number of nitrogens with zero attached hydrogens (tertiary/aromatic N) is 1. The van der Waals surface area contributed by atoms with Gasteiger partial charge >= 0.3 is 12.1 Å². The minimum atomic E-state index is -4.33. The first kappa shape index (κ1) is 13.6. The fourth-order valence-corrected chi connectivity index (χ4v) is 1.12. The van der Waals surface area contributed by atoms with Crippen LogP contribution in [0.1, 0.15) is 16.8 Å². The Morgan fingerprint density at radius 3 is 2.71 bits per heavy atom. The van der Waals surface area contributed by atoms with Gasteiger partial charge in [0.05, 0.1) is 29.8 Å². The molecule has 4 nitrogen and oxygen atoms in total. The Labute approximate surface area is 99.0 Å². The number of carboxylic acids is 1. The largest absolute Gasteiger partial charge is 0.478 e. The molecule has 0 aromatic carbocycles. The predicted octanol–water partition coefficient (Wildman–Crippen LogP) is 2.76. The van der Waals surface area contributed by atoms with Gasteiger partial charge in [-0.05, 0) is 0 Å². The molecule has 0 radical (unpaired) electrons. The SMILES string of the molecule is O=C(O)c1cc(OCCC(F)(F)F)ncc1Cl. The van der Waals surface area contributed by atoms with Gasteiger partial charge in [-0.25, -0.2) is 9.78 Å². The molecule has 0 fully saturated rings. The van der Waals surface area contributed by atoms with Gasteiger partial charge in [-0.15, -0.1) is 0 Å². The van der Waals surface area contributed by atoms with Crippen molar-refractivity contribution in [3.63, 3.8) is 0 Å². The molecule has 1 aromatic heterocycles. The number of hydrogen-bond acceptors (Lipinski definition) is 3. The van der Waals surface area contributed by atoms with Gasteiger partial charge in [0.2, 0.25) is 5.88 Å². The Morgan fingerprint density at radius 2 is 2.18 bits per heavy atom. The monoisotopic (exact) mass is 269 g/mol. The summed E-state index contributed by atoms with van der Waals surface area (Å²) >= 11 is 5.52. The molecular formula is C9H7ClF3NO3. The van der Waals surface area contributed by atoms with Crippen molar-refractivity contribution in [3.05, 3.63) is 22.8 Å². The van der Waals surface area contributed by atoms with E-state index in [9.17, 15) is 18.0 Å². The van der Waals surface area contributed by atoms with Gasteiger partial charge in [-0.2, -0.15) is 13.2 Å². The summed E-state index contributed by atoms with van der Waals surface area (Å²) in [6.07, 6.45) is -4.46. The molecule has 17 heavy (non-hydrogen) atoms. The molecule has 0 aliphatic heterocycles. The Balaban J connectivity index is 2.67. The molecule has 0 amide bonds. The summed E-state index contributed by atoms with van der Waals surface area (Å²) in [5, 5.41) is 8.59. The van der Waals surface area contributed by atoms with Gasteiger partial charge in [-0.3, -0.25) is 0 Å². The minimum Gasteiger partial charge on any atom is -0.478 e. The maximum atomic E-state index is 11.8. The number of aromatic nitrogens is 1. The van der Waals surface area contributed by atoms with Crippen molar-refractivity contribution in [3.8, 4) is 5.88 Å². The molecule has 0 saturated carbocycles. The van der Waals surface area contributed by atoms with Crippen molar-refractivity contribution < 1.29 is 27.8 Å². The average Bonchev–Trinajstić information content (AvgIpc) is 2.18. The van der Waals surface area contributed by atoms with Crippen LogP contribution in [0.5, 0.6) is 5.88 Å². The highest BCUT2D eigenvalue weighted by atomic mass is 35.5. The summed E-state index contributed by atoms with van der Waals surface area (Å²) in [6, 6.07) is 0.973. The Morgan fingerprint density at radius 1 is 1.53 bits per heavy atom. The number of ether oxygens (including phenoxy) is 1. The summed E-state index contributed by atoms with van der Waals surface area (Å²) in [4.78, 5) is 14.2. The van der Waals surface area contributed by atoms with E-state index in [1.54, 1.807) is 0 Å². The Bertz CT molecular complexity index is 422. The van der Waals surface area contributed by atoms with Gasteiger partial charge in [0, 0.05) is 6.07 Å². The van der Waals surface area contributed by atoms with Crippen LogP contribution in [0.3, 0.4) is 0 Å². The maximum absolute atomic E-state index is 11.8. The first-order valence-corrected chi connectivity index (χ1v) is 4.76. The van der Waals surface area contributed by atoms with Crippen molar-refractivity contribution in [2.45, 2.75) is 12.6 Å². The molecule has 8 heteroatoms. The van der Waals surface area contributed by atoms with Crippen LogP contribution in [0.4, 0.5) is 13.2 Å². The van der Waals surface area contributed by atoms with Gasteiger partial charge in [0.1, 0.15) is 0 Å². The highest BCUT2D eigenvalue weighted by Gasteiger charge is 2.27. The fourth-order valence-electron chi connectivity index (χ4n) is 0.934. The van der Waals surface area contributed by atoms with Crippen molar-refractivity contribution in [1.82, 2.24) is 4.98 Å². The lowest BCUT2D eigenvalue weighted by Crippen LogP contribution is -2.13. The van der Waals surface area contributed by atoms with E-state index in [0.29, 0.717) is 0 Å². The van der Waals surface area contributed by atoms with Crippen LogP contribution in [-0.2, 0) is 0 Å². The molecule has 94 valence electrons. The minimum absolute atomic E-state index is 0.110. The number of rotatable bonds is 4. The number of pyridine rings is 1. The maximum Gasteiger partial charge on any atom is 0.392 e. The van der Waals surface area contributed by atoms with Gasteiger partial charge in [0.25, 0.3) is 0 Å². The zero-order valence-corrected chi connectivity index (χ0v) is 9.05. The topological polar surface area (TPSA) is 59.4 Å². The molecule has 0 aliphatic rings. The summed E-state index contributed by atoms with van der Waals surface area (Å²) < 4.78 is 40.1. The molecule has 0 bridgehead atoms. The predicted molar refractivity (Wildman–Crippen MR) is 52.4 cm³/mol. The van der Waals surface area contributed by atoms with E-state index in [-0.39, 0.29) is 16.5 Å². The molecule has 0 saturated heterocycles. The van der Waals surface area contributed by atoms with Crippen LogP contribution in [0.25, 0.3) is 0 Å². The molecule has 0 atom stereocenters. The van der Waals surface area contributed by atoms with Gasteiger partial charge in [-0.1, -0.05) is 11.6 Å². The number of halogens is 4. The molecule has 1 N–H and O–H groups in total. The van der Waals surface area contributed by atoms with Crippen LogP contribution in [-0.4, -0.2) is 28.8 Å². The number of carbonyl (C=O) groups is 1. The van der Waals surface area contributed by atoms with Crippen LogP contribution < -0.4 is 4.74 Å². The summed E-state index contributed by atoms with van der Waals surface area (Å²) in [6.45, 7) is -0.628. The Hall–Kier alpha value is -1.50. The molecule has 1 aromatic rings. The van der Waals surface area contributed by atoms with E-state index in [1.165, 1.54) is 0 Å². The zero-order chi connectivity index (χ0) is 13.1. The number of aromatic carboxylic acids is 1. The highest BCUT2D eigenvalue weighted by molar-refractivity contribution is 6.33. The van der Waals surface area contributed by atoms with Gasteiger partial charge < -0.3 is 9.84 Å². The zero-order valence-electron chi connectivity index (χ0n) is 8.29. The lowest BCUT2D eigenvalue weighted by atomic mass is 10.3. The van der Waals surface area contributed by atoms with E-state index in [1.807, 2.05) is 0 Å². The molecule has 0 unspecified atom stereocenters. The smallest absolute Gasteiger partial charge is 0.392 e. The summed E-state index contributed by atoms with van der Waals surface area (Å²) in [5.41, 5.74) is -0.274. The standard InChI is InChI=1S/C9H7ClF3NO3/c10-6-4-14-7(3-5(6)8(15)16)17-2-1-9(11,12)13/h3-4H,1-2H2,(H,15,16). The van der Waals surface area contributed by atoms with Crippen LogP contribution in [0.15, 0.2) is 12.3 Å². The third-order valence-electron chi connectivity index (χ3n) is 1.70. The van der Waals surface area contributed by atoms with Crippen molar-refractivity contribution in [1.29, 1.82) is 0 Å². The first-order valence-electron chi connectivity index (χ1n) is 4.38. The van der Waals surface area contributed by atoms with Crippen molar-refractivity contribution >= 4 is 17.6 Å². The molecule has 1 rings (SSSR count). The normalized spacial score (nSPS) is 11.3. The summed E-state index contributed by atoms with van der Waals surface area (Å²) in [7, 11) is 0. The van der Waals surface area contributed by atoms with E-state index >= 15 is 0 Å². The van der Waals surface area contributed by atoms with E-state index < -0.39 is 25.2 Å². The first-order chi connectivity index (χ1) is 7.79. The Kier molecular flexibility index (Phi) is 4.17. The quantitative estimate of drug-likeness (QED) is 0.913. The number of hydrogen-bond donors (Lipinski definition) is 1. The van der Waals surface area contributed by atoms with E-state index in [2.05, 4.69) is 9.72 Å². The van der Waals surface area contributed by atoms with Crippen molar-refractivity contribution in [2.24, 2.45) is 0 Å². The third-order valence-corrected chi connectivity index (χ3v) is 2.00. The molecular weight excluding hydrogens is 263 g/mol. The number of carboxylic acid groups (broad SMARTS) is 1. The average molecular weight is 270 g/mol. The summed E-state index contributed by atoms with van der Waals surface area (Å²) in [5.74, 6) is -1.52. The van der Waals surface area contributed by atoms with Crippen LogP contribution >= 0.6 is 11.6 Å². The molecule has 1 heterocycles. The molecule has 0 spiro atoms. The number of alkyl halides is 3. The fraction of sp³-hybridized carbons (Fsp3) is 0.333. The second-order valence-electron chi connectivity index (χ2n) is 3.02. The van der Waals surface area contributed by atoms with Crippen molar-refractivity contribution in [2.75, 3.05) is 6.61 Å². The second-order valence-corrected chi connectivity index (χ2v) is 3.43. The highest BCUT2D eigenvalue weighted by Crippen LogP contribution is 2.22. The third kappa shape index (κ3) is 4.48. The van der Waals surface area contributed by atoms with Gasteiger partial charge in [0.15, 0.2) is 0 Å². The van der Waals surface area contributed by atoms with E-state index in [4.69, 9.17) is 16.7 Å². The van der Waals surface area contributed by atoms with E-state index in [0.717, 1.165) is 12.3 Å². The lowest BCUT2D eigenvalue weighted by Gasteiger charge is -2.08.